The van der Waals surface area contributed by atoms with Crippen molar-refractivity contribution in [3.8, 4) is 0 Å². The fourth-order valence-corrected chi connectivity index (χ4v) is 2.90. The smallest absolute Gasteiger partial charge is 0.182 e. The Bertz CT molecular complexity index is 632. The number of sulfone groups is 1. The molecule has 0 bridgehead atoms. The van der Waals surface area contributed by atoms with Gasteiger partial charge in [0.15, 0.2) is 9.84 Å². The highest BCUT2D eigenvalue weighted by Gasteiger charge is 2.16. The van der Waals surface area contributed by atoms with Crippen LogP contribution in [0.15, 0.2) is 41.6 Å². The Hall–Kier alpha value is -1.69. The Balaban J connectivity index is 2.24. The molecule has 0 spiro atoms. The Morgan fingerprint density at radius 1 is 1.28 bits per heavy atom. The molecule has 6 heteroatoms. The summed E-state index contributed by atoms with van der Waals surface area (Å²) in [6.45, 7) is 2.61. The Morgan fingerprint density at radius 3 is 2.50 bits per heavy atom. The van der Waals surface area contributed by atoms with Gasteiger partial charge in [-0.1, -0.05) is 0 Å². The Morgan fingerprint density at radius 2 is 1.94 bits per heavy atom. The quantitative estimate of drug-likeness (QED) is 0.797. The van der Waals surface area contributed by atoms with Crippen LogP contribution in [0.25, 0.3) is 0 Å². The van der Waals surface area contributed by atoms with E-state index in [0.29, 0.717) is 12.1 Å². The third kappa shape index (κ3) is 2.76. The maximum Gasteiger partial charge on any atom is 0.182 e. The molecular weight excluding hydrogens is 255 g/mol. The highest BCUT2D eigenvalue weighted by molar-refractivity contribution is 7.90. The summed E-state index contributed by atoms with van der Waals surface area (Å²) >= 11 is 0. The molecule has 0 aliphatic rings. The van der Waals surface area contributed by atoms with Crippen LogP contribution < -0.4 is 0 Å². The second-order valence-corrected chi connectivity index (χ2v) is 5.91. The molecule has 0 fully saturated rings. The molecule has 0 unspecified atom stereocenters. The van der Waals surface area contributed by atoms with Crippen molar-refractivity contribution >= 4 is 9.84 Å². The van der Waals surface area contributed by atoms with E-state index in [9.17, 15) is 12.8 Å². The molecule has 0 amide bonds. The van der Waals surface area contributed by atoms with Gasteiger partial charge in [0.25, 0.3) is 0 Å². The molecule has 4 nitrogen and oxygen atoms in total. The molecule has 0 aliphatic carbocycles. The maximum absolute atomic E-state index is 12.7. The lowest BCUT2D eigenvalue weighted by atomic mass is 10.3. The van der Waals surface area contributed by atoms with E-state index in [1.54, 1.807) is 10.9 Å². The molecule has 0 N–H and O–H groups in total. The van der Waals surface area contributed by atoms with Crippen LogP contribution in [-0.2, 0) is 22.1 Å². The predicted octanol–water partition coefficient (Wildman–Crippen LogP) is 2.02. The number of rotatable bonds is 4. The third-order valence-corrected chi connectivity index (χ3v) is 4.24. The van der Waals surface area contributed by atoms with E-state index in [2.05, 4.69) is 5.10 Å². The van der Waals surface area contributed by atoms with Gasteiger partial charge < -0.3 is 0 Å². The largest absolute Gasteiger partial charge is 0.273 e. The standard InChI is InChI=1S/C12H13FN2O2S/c1-2-15-8-10(7-14-15)9-18(16,17)12-5-3-11(13)4-6-12/h3-8H,2,9H2,1H3. The van der Waals surface area contributed by atoms with Crippen molar-refractivity contribution in [2.24, 2.45) is 0 Å². The number of hydrogen-bond acceptors (Lipinski definition) is 3. The fraction of sp³-hybridized carbons (Fsp3) is 0.250. The monoisotopic (exact) mass is 268 g/mol. The van der Waals surface area contributed by atoms with E-state index >= 15 is 0 Å². The van der Waals surface area contributed by atoms with Gasteiger partial charge >= 0.3 is 0 Å². The topological polar surface area (TPSA) is 52.0 Å². The van der Waals surface area contributed by atoms with Crippen LogP contribution in [0, 0.1) is 5.82 Å². The number of halogens is 1. The number of benzene rings is 1. The summed E-state index contributed by atoms with van der Waals surface area (Å²) in [5, 5.41) is 4.02. The van der Waals surface area contributed by atoms with Crippen LogP contribution in [0.4, 0.5) is 4.39 Å². The van der Waals surface area contributed by atoms with Gasteiger partial charge in [0.1, 0.15) is 5.82 Å². The number of hydrogen-bond donors (Lipinski definition) is 0. The molecule has 18 heavy (non-hydrogen) atoms. The second-order valence-electron chi connectivity index (χ2n) is 3.92. The minimum atomic E-state index is -3.44. The van der Waals surface area contributed by atoms with Gasteiger partial charge in [-0.25, -0.2) is 12.8 Å². The molecule has 0 saturated carbocycles. The predicted molar refractivity (Wildman–Crippen MR) is 65.2 cm³/mol. The van der Waals surface area contributed by atoms with Gasteiger partial charge in [-0.05, 0) is 31.2 Å². The van der Waals surface area contributed by atoms with Crippen LogP contribution in [-0.4, -0.2) is 18.2 Å². The molecule has 0 aliphatic heterocycles. The highest BCUT2D eigenvalue weighted by atomic mass is 32.2. The van der Waals surface area contributed by atoms with Gasteiger partial charge in [-0.2, -0.15) is 5.10 Å². The van der Waals surface area contributed by atoms with Gasteiger partial charge in [-0.3, -0.25) is 4.68 Å². The summed E-state index contributed by atoms with van der Waals surface area (Å²) in [6, 6.07) is 4.83. The van der Waals surface area contributed by atoms with Gasteiger partial charge in [0, 0.05) is 18.3 Å². The maximum atomic E-state index is 12.7. The van der Waals surface area contributed by atoms with Crippen molar-refractivity contribution in [1.29, 1.82) is 0 Å². The van der Waals surface area contributed by atoms with Crippen molar-refractivity contribution in [2.75, 3.05) is 0 Å². The van der Waals surface area contributed by atoms with Crippen molar-refractivity contribution in [3.05, 3.63) is 48.0 Å². The number of aromatic nitrogens is 2. The van der Waals surface area contributed by atoms with E-state index in [1.807, 2.05) is 6.92 Å². The lowest BCUT2D eigenvalue weighted by Crippen LogP contribution is -2.04. The summed E-state index contributed by atoms with van der Waals surface area (Å²) < 4.78 is 38.5. The molecule has 0 saturated heterocycles. The first-order chi connectivity index (χ1) is 8.51. The molecule has 0 radical (unpaired) electrons. The van der Waals surface area contributed by atoms with Crippen LogP contribution in [0.3, 0.4) is 0 Å². The molecular formula is C12H13FN2O2S. The van der Waals surface area contributed by atoms with Gasteiger partial charge in [-0.15, -0.1) is 0 Å². The van der Waals surface area contributed by atoms with E-state index in [-0.39, 0.29) is 10.6 Å². The zero-order valence-electron chi connectivity index (χ0n) is 9.88. The first-order valence-electron chi connectivity index (χ1n) is 5.51. The first-order valence-corrected chi connectivity index (χ1v) is 7.16. The van der Waals surface area contributed by atoms with E-state index < -0.39 is 15.7 Å². The van der Waals surface area contributed by atoms with Crippen molar-refractivity contribution < 1.29 is 12.8 Å². The minimum Gasteiger partial charge on any atom is -0.273 e. The molecule has 1 aromatic carbocycles. The normalized spacial score (nSPS) is 11.7. The van der Waals surface area contributed by atoms with Crippen molar-refractivity contribution in [3.63, 3.8) is 0 Å². The lowest BCUT2D eigenvalue weighted by Gasteiger charge is -2.02. The average molecular weight is 268 g/mol. The zero-order chi connectivity index (χ0) is 13.2. The first kappa shape index (κ1) is 12.8. The van der Waals surface area contributed by atoms with Crippen LogP contribution in [0.5, 0.6) is 0 Å². The SMILES string of the molecule is CCn1cc(CS(=O)(=O)c2ccc(F)cc2)cn1. The van der Waals surface area contributed by atoms with Gasteiger partial charge in [0.05, 0.1) is 16.8 Å². The summed E-state index contributed by atoms with van der Waals surface area (Å²) in [5.41, 5.74) is 0.626. The van der Waals surface area contributed by atoms with E-state index in [4.69, 9.17) is 0 Å². The van der Waals surface area contributed by atoms with E-state index in [0.717, 1.165) is 12.1 Å². The number of nitrogens with zero attached hydrogens (tertiary/aromatic N) is 2. The van der Waals surface area contributed by atoms with E-state index in [1.165, 1.54) is 18.3 Å². The fourth-order valence-electron chi connectivity index (χ4n) is 1.60. The molecule has 1 heterocycles. The summed E-state index contributed by atoms with van der Waals surface area (Å²) in [4.78, 5) is 0.119. The van der Waals surface area contributed by atoms with Crippen LogP contribution >= 0.6 is 0 Å². The highest BCUT2D eigenvalue weighted by Crippen LogP contribution is 2.16. The van der Waals surface area contributed by atoms with Crippen molar-refractivity contribution in [2.45, 2.75) is 24.1 Å². The Labute approximate surface area is 105 Å². The molecule has 2 rings (SSSR count). The Kier molecular flexibility index (Phi) is 3.47. The summed E-state index contributed by atoms with van der Waals surface area (Å²) in [7, 11) is -3.44. The molecule has 2 aromatic rings. The average Bonchev–Trinajstić information content (AvgIpc) is 2.76. The number of aryl methyl sites for hydroxylation is 1. The molecule has 0 atom stereocenters. The zero-order valence-corrected chi connectivity index (χ0v) is 10.7. The second kappa shape index (κ2) is 4.89. The van der Waals surface area contributed by atoms with Crippen LogP contribution in [0.2, 0.25) is 0 Å². The molecule has 96 valence electrons. The summed E-state index contributed by atoms with van der Waals surface area (Å²) in [6.07, 6.45) is 3.23. The third-order valence-electron chi connectivity index (χ3n) is 2.54. The van der Waals surface area contributed by atoms with Crippen LogP contribution in [0.1, 0.15) is 12.5 Å². The summed E-state index contributed by atoms with van der Waals surface area (Å²) in [5.74, 6) is -0.578. The van der Waals surface area contributed by atoms with Gasteiger partial charge in [0.2, 0.25) is 0 Å². The lowest BCUT2D eigenvalue weighted by molar-refractivity contribution is 0.594. The van der Waals surface area contributed by atoms with Crippen molar-refractivity contribution in [1.82, 2.24) is 9.78 Å². The minimum absolute atomic E-state index is 0.119. The molecule has 1 aromatic heterocycles.